The summed E-state index contributed by atoms with van der Waals surface area (Å²) in [5.74, 6) is -3.48. The van der Waals surface area contributed by atoms with E-state index in [1.54, 1.807) is 24.3 Å². The molecular weight excluding hydrogens is 284 g/mol. The van der Waals surface area contributed by atoms with Crippen molar-refractivity contribution in [1.29, 1.82) is 0 Å². The first-order valence-electron chi connectivity index (χ1n) is 6.49. The van der Waals surface area contributed by atoms with E-state index in [4.69, 9.17) is 14.7 Å². The van der Waals surface area contributed by atoms with E-state index in [2.05, 4.69) is 0 Å². The van der Waals surface area contributed by atoms with Gasteiger partial charge in [0.15, 0.2) is 0 Å². The molecule has 0 spiro atoms. The van der Waals surface area contributed by atoms with Crippen LogP contribution in [0.4, 0.5) is 13.6 Å². The number of benzene rings is 1. The minimum Gasteiger partial charge on any atom is -0.443 e. The summed E-state index contributed by atoms with van der Waals surface area (Å²) in [4.78, 5) is 16.6. The Morgan fingerprint density at radius 3 is 2.48 bits per heavy atom. The van der Waals surface area contributed by atoms with Crippen molar-refractivity contribution in [2.75, 3.05) is 13.7 Å². The van der Waals surface area contributed by atoms with Crippen LogP contribution >= 0.6 is 0 Å². The van der Waals surface area contributed by atoms with Gasteiger partial charge in [-0.1, -0.05) is 37.3 Å². The monoisotopic (exact) mass is 303 g/mol. The van der Waals surface area contributed by atoms with Crippen molar-refractivity contribution in [2.24, 2.45) is 0 Å². The van der Waals surface area contributed by atoms with Crippen LogP contribution in [-0.2, 0) is 16.2 Å². The zero-order valence-corrected chi connectivity index (χ0v) is 12.0. The first kappa shape index (κ1) is 17.3. The Kier molecular flexibility index (Phi) is 6.51. The highest BCUT2D eigenvalue weighted by atomic mass is 19.3. The molecule has 0 aliphatic rings. The van der Waals surface area contributed by atoms with E-state index in [1.165, 1.54) is 6.92 Å². The van der Waals surface area contributed by atoms with Crippen molar-refractivity contribution < 1.29 is 28.3 Å². The van der Waals surface area contributed by atoms with Crippen LogP contribution in [-0.4, -0.2) is 41.9 Å². The number of aliphatic hydroxyl groups excluding tert-OH is 1. The number of hydrogen-bond donors (Lipinski definition) is 1. The fraction of sp³-hybridized carbons (Fsp3) is 0.500. The van der Waals surface area contributed by atoms with E-state index in [-0.39, 0.29) is 13.0 Å². The number of rotatable bonds is 7. The molecule has 0 heterocycles. The average molecular weight is 303 g/mol. The molecule has 7 heteroatoms. The number of aliphatic hydroxyl groups is 1. The highest BCUT2D eigenvalue weighted by molar-refractivity contribution is 5.66. The maximum absolute atomic E-state index is 13.6. The first-order valence-corrected chi connectivity index (χ1v) is 6.49. The molecule has 1 N–H and O–H groups in total. The molecule has 0 aliphatic heterocycles. The molecular formula is C14H19F2NO4. The molecule has 0 fully saturated rings. The van der Waals surface area contributed by atoms with Gasteiger partial charge in [0.1, 0.15) is 19.3 Å². The van der Waals surface area contributed by atoms with Gasteiger partial charge in [0.25, 0.3) is 5.92 Å². The molecule has 1 atom stereocenters. The van der Waals surface area contributed by atoms with Crippen LogP contribution in [0, 0.1) is 0 Å². The van der Waals surface area contributed by atoms with Gasteiger partial charge in [-0.15, -0.1) is 0 Å². The molecule has 5 nitrogen and oxygen atoms in total. The van der Waals surface area contributed by atoms with E-state index < -0.39 is 24.7 Å². The van der Waals surface area contributed by atoms with Crippen molar-refractivity contribution in [3.05, 3.63) is 35.9 Å². The van der Waals surface area contributed by atoms with Crippen LogP contribution in [0.2, 0.25) is 0 Å². The smallest absolute Gasteiger partial charge is 0.434 e. The number of hydrogen-bond acceptors (Lipinski definition) is 4. The quantitative estimate of drug-likeness (QED) is 0.787. The largest absolute Gasteiger partial charge is 0.443 e. The van der Waals surface area contributed by atoms with Gasteiger partial charge in [0.2, 0.25) is 0 Å². The maximum Gasteiger partial charge on any atom is 0.434 e. The fourth-order valence-corrected chi connectivity index (χ4v) is 1.85. The van der Waals surface area contributed by atoms with Crippen molar-refractivity contribution >= 4 is 6.09 Å². The molecule has 0 aliphatic carbocycles. The lowest BCUT2D eigenvalue weighted by Gasteiger charge is -2.32. The third-order valence-electron chi connectivity index (χ3n) is 2.95. The Morgan fingerprint density at radius 2 is 2.00 bits per heavy atom. The van der Waals surface area contributed by atoms with Crippen LogP contribution in [0.3, 0.4) is 0 Å². The average Bonchev–Trinajstić information content (AvgIpc) is 2.50. The van der Waals surface area contributed by atoms with Crippen molar-refractivity contribution in [3.63, 3.8) is 0 Å². The number of alkyl halides is 2. The third-order valence-corrected chi connectivity index (χ3v) is 2.95. The van der Waals surface area contributed by atoms with Gasteiger partial charge in [-0.3, -0.25) is 4.84 Å². The second-order valence-corrected chi connectivity index (χ2v) is 4.39. The van der Waals surface area contributed by atoms with Crippen molar-refractivity contribution in [1.82, 2.24) is 5.06 Å². The van der Waals surface area contributed by atoms with Gasteiger partial charge in [-0.25, -0.2) is 13.6 Å². The molecule has 0 saturated carbocycles. The van der Waals surface area contributed by atoms with Crippen LogP contribution in [0.1, 0.15) is 18.9 Å². The lowest BCUT2D eigenvalue weighted by atomic mass is 10.1. The lowest BCUT2D eigenvalue weighted by molar-refractivity contribution is -0.210. The Balaban J connectivity index is 2.72. The fourth-order valence-electron chi connectivity index (χ4n) is 1.85. The van der Waals surface area contributed by atoms with E-state index in [0.29, 0.717) is 5.06 Å². The van der Waals surface area contributed by atoms with Gasteiger partial charge in [-0.05, 0) is 12.0 Å². The zero-order chi connectivity index (χ0) is 15.9. The highest BCUT2D eigenvalue weighted by Crippen LogP contribution is 2.26. The second kappa shape index (κ2) is 7.90. The minimum absolute atomic E-state index is 0.0549. The second-order valence-electron chi connectivity index (χ2n) is 4.39. The summed E-state index contributed by atoms with van der Waals surface area (Å²) >= 11 is 0. The molecule has 21 heavy (non-hydrogen) atoms. The molecule has 118 valence electrons. The standard InChI is InChI=1S/C14H19F2NO4/c1-3-12(14(15,16)10-18)17(20-2)13(19)21-9-11-7-5-4-6-8-11/h4-8,12,18H,3,9-10H2,1-2H3/t12-/m1/s1. The summed E-state index contributed by atoms with van der Waals surface area (Å²) in [6, 6.07) is 7.23. The normalized spacial score (nSPS) is 12.8. The van der Waals surface area contributed by atoms with Gasteiger partial charge in [-0.2, -0.15) is 5.06 Å². The van der Waals surface area contributed by atoms with Crippen molar-refractivity contribution in [3.8, 4) is 0 Å². The number of carbonyl (C=O) groups excluding carboxylic acids is 1. The number of halogens is 2. The van der Waals surface area contributed by atoms with Gasteiger partial charge >= 0.3 is 6.09 Å². The third kappa shape index (κ3) is 4.64. The summed E-state index contributed by atoms with van der Waals surface area (Å²) in [5.41, 5.74) is 0.726. The van der Waals surface area contributed by atoms with Gasteiger partial charge < -0.3 is 9.84 Å². The summed E-state index contributed by atoms with van der Waals surface area (Å²) in [6.45, 7) is 0.0305. The Labute approximate surface area is 122 Å². The molecule has 0 unspecified atom stereocenters. The SMILES string of the molecule is CC[C@@H](N(OC)C(=O)OCc1ccccc1)C(F)(F)CO. The molecule has 1 aromatic carbocycles. The lowest BCUT2D eigenvalue weighted by Crippen LogP contribution is -2.51. The molecule has 0 saturated heterocycles. The van der Waals surface area contributed by atoms with Gasteiger partial charge in [0.05, 0.1) is 7.11 Å². The Morgan fingerprint density at radius 1 is 1.38 bits per heavy atom. The predicted molar refractivity (Wildman–Crippen MR) is 71.6 cm³/mol. The highest BCUT2D eigenvalue weighted by Gasteiger charge is 2.44. The van der Waals surface area contributed by atoms with E-state index in [9.17, 15) is 13.6 Å². The van der Waals surface area contributed by atoms with E-state index in [1.807, 2.05) is 6.07 Å². The summed E-state index contributed by atoms with van der Waals surface area (Å²) in [7, 11) is 1.10. The zero-order valence-electron chi connectivity index (χ0n) is 12.0. The summed E-state index contributed by atoms with van der Waals surface area (Å²) in [5, 5.41) is 9.20. The van der Waals surface area contributed by atoms with Crippen LogP contribution in [0.25, 0.3) is 0 Å². The maximum atomic E-state index is 13.6. The number of amides is 1. The number of ether oxygens (including phenoxy) is 1. The first-order chi connectivity index (χ1) is 9.96. The summed E-state index contributed by atoms with van der Waals surface area (Å²) < 4.78 is 32.1. The van der Waals surface area contributed by atoms with Gasteiger partial charge in [0, 0.05) is 0 Å². The molecule has 1 aromatic rings. The van der Waals surface area contributed by atoms with Crippen molar-refractivity contribution in [2.45, 2.75) is 31.9 Å². The minimum atomic E-state index is -3.48. The number of hydroxylamine groups is 2. The topological polar surface area (TPSA) is 59.0 Å². The number of nitrogens with zero attached hydrogens (tertiary/aromatic N) is 1. The molecule has 0 aromatic heterocycles. The summed E-state index contributed by atoms with van der Waals surface area (Å²) in [6.07, 6.45) is -1.12. The molecule has 0 radical (unpaired) electrons. The molecule has 1 amide bonds. The van der Waals surface area contributed by atoms with Crippen LogP contribution < -0.4 is 0 Å². The molecule has 1 rings (SSSR count). The Bertz CT molecular complexity index is 442. The predicted octanol–water partition coefficient (Wildman–Crippen LogP) is 2.59. The van der Waals surface area contributed by atoms with Crippen LogP contribution in [0.5, 0.6) is 0 Å². The van der Waals surface area contributed by atoms with E-state index >= 15 is 0 Å². The Hall–Kier alpha value is -1.73. The number of carbonyl (C=O) groups is 1. The van der Waals surface area contributed by atoms with E-state index in [0.717, 1.165) is 12.7 Å². The van der Waals surface area contributed by atoms with Crippen LogP contribution in [0.15, 0.2) is 30.3 Å². The molecule has 0 bridgehead atoms.